The van der Waals surface area contributed by atoms with E-state index in [9.17, 15) is 4.79 Å². The summed E-state index contributed by atoms with van der Waals surface area (Å²) in [4.78, 5) is 16.6. The third-order valence-electron chi connectivity index (χ3n) is 3.63. The average Bonchev–Trinajstić information content (AvgIpc) is 2.64. The number of rotatable bonds is 4. The Kier molecular flexibility index (Phi) is 5.52. The predicted octanol–water partition coefficient (Wildman–Crippen LogP) is 0.721. The summed E-state index contributed by atoms with van der Waals surface area (Å²) in [6, 6.07) is 7.69. The van der Waals surface area contributed by atoms with Crippen molar-refractivity contribution in [1.29, 1.82) is 0 Å². The van der Waals surface area contributed by atoms with Crippen LogP contribution in [0.15, 0.2) is 24.3 Å². The quantitative estimate of drug-likeness (QED) is 0.851. The number of carbonyl (C=O) groups excluding carboxylic acids is 1. The summed E-state index contributed by atoms with van der Waals surface area (Å²) < 4.78 is 0. The highest BCUT2D eigenvalue weighted by Crippen LogP contribution is 2.10. The first kappa shape index (κ1) is 15.0. The zero-order chi connectivity index (χ0) is 14.4. The highest BCUT2D eigenvalue weighted by Gasteiger charge is 2.15. The third-order valence-corrected chi connectivity index (χ3v) is 3.63. The summed E-state index contributed by atoms with van der Waals surface area (Å²) in [6.45, 7) is 5.02. The largest absolute Gasteiger partial charge is 0.326 e. The van der Waals surface area contributed by atoms with Gasteiger partial charge in [0.25, 0.3) is 0 Å². The van der Waals surface area contributed by atoms with Crippen LogP contribution in [0.4, 0.5) is 5.69 Å². The maximum Gasteiger partial charge on any atom is 0.238 e. The molecule has 1 fully saturated rings. The van der Waals surface area contributed by atoms with Crippen LogP contribution in [0.3, 0.4) is 0 Å². The summed E-state index contributed by atoms with van der Waals surface area (Å²) in [7, 11) is 2.13. The lowest BCUT2D eigenvalue weighted by molar-refractivity contribution is -0.117. The molecule has 0 saturated carbocycles. The lowest BCUT2D eigenvalue weighted by atomic mass is 10.2. The monoisotopic (exact) mass is 276 g/mol. The first-order valence-electron chi connectivity index (χ1n) is 7.17. The third kappa shape index (κ3) is 4.59. The van der Waals surface area contributed by atoms with Crippen LogP contribution in [-0.4, -0.2) is 55.5 Å². The maximum absolute atomic E-state index is 12.1. The number of anilines is 1. The Bertz CT molecular complexity index is 449. The van der Waals surface area contributed by atoms with Gasteiger partial charge in [-0.15, -0.1) is 0 Å². The van der Waals surface area contributed by atoms with Crippen molar-refractivity contribution < 1.29 is 4.79 Å². The number of hydrogen-bond acceptors (Lipinski definition) is 4. The second-order valence-electron chi connectivity index (χ2n) is 5.39. The number of nitrogens with one attached hydrogen (secondary N) is 1. The van der Waals surface area contributed by atoms with E-state index in [2.05, 4.69) is 22.2 Å². The van der Waals surface area contributed by atoms with Gasteiger partial charge in [0, 0.05) is 25.3 Å². The highest BCUT2D eigenvalue weighted by molar-refractivity contribution is 5.92. The summed E-state index contributed by atoms with van der Waals surface area (Å²) in [5.74, 6) is 0.0451. The van der Waals surface area contributed by atoms with E-state index in [0.29, 0.717) is 13.1 Å². The second-order valence-corrected chi connectivity index (χ2v) is 5.39. The minimum Gasteiger partial charge on any atom is -0.326 e. The van der Waals surface area contributed by atoms with E-state index < -0.39 is 0 Å². The SMILES string of the molecule is CN1CCCN(CC(=O)Nc2cccc(CN)c2)CC1. The van der Waals surface area contributed by atoms with E-state index in [1.807, 2.05) is 24.3 Å². The van der Waals surface area contributed by atoms with Gasteiger partial charge in [-0.1, -0.05) is 12.1 Å². The van der Waals surface area contributed by atoms with E-state index >= 15 is 0 Å². The van der Waals surface area contributed by atoms with Crippen LogP contribution in [-0.2, 0) is 11.3 Å². The Morgan fingerprint density at radius 3 is 2.95 bits per heavy atom. The molecule has 0 spiro atoms. The molecule has 3 N–H and O–H groups in total. The van der Waals surface area contributed by atoms with Crippen LogP contribution in [0.25, 0.3) is 0 Å². The molecule has 1 saturated heterocycles. The van der Waals surface area contributed by atoms with Crippen molar-refractivity contribution in [3.8, 4) is 0 Å². The summed E-state index contributed by atoms with van der Waals surface area (Å²) in [5.41, 5.74) is 7.45. The van der Waals surface area contributed by atoms with Crippen molar-refractivity contribution in [3.05, 3.63) is 29.8 Å². The van der Waals surface area contributed by atoms with Crippen LogP contribution < -0.4 is 11.1 Å². The Balaban J connectivity index is 1.85. The second kappa shape index (κ2) is 7.38. The number of carbonyl (C=O) groups is 1. The Hall–Kier alpha value is -1.43. The van der Waals surface area contributed by atoms with E-state index in [1.54, 1.807) is 0 Å². The fourth-order valence-corrected chi connectivity index (χ4v) is 2.44. The summed E-state index contributed by atoms with van der Waals surface area (Å²) in [6.07, 6.45) is 1.12. The molecule has 0 aromatic heterocycles. The molecular weight excluding hydrogens is 252 g/mol. The standard InChI is InChI=1S/C15H24N4O/c1-18-6-3-7-19(9-8-18)12-15(20)17-14-5-2-4-13(10-14)11-16/h2,4-5,10H,3,6-9,11-12,16H2,1H3,(H,17,20). The first-order chi connectivity index (χ1) is 9.67. The van der Waals surface area contributed by atoms with Crippen LogP contribution in [0.5, 0.6) is 0 Å². The first-order valence-corrected chi connectivity index (χ1v) is 7.17. The summed E-state index contributed by atoms with van der Waals surface area (Å²) in [5, 5.41) is 2.95. The number of nitrogens with two attached hydrogens (primary N) is 1. The van der Waals surface area contributed by atoms with Crippen LogP contribution in [0.2, 0.25) is 0 Å². The lowest BCUT2D eigenvalue weighted by Crippen LogP contribution is -2.35. The topological polar surface area (TPSA) is 61.6 Å². The number of hydrogen-bond donors (Lipinski definition) is 2. The minimum atomic E-state index is 0.0451. The molecule has 5 nitrogen and oxygen atoms in total. The molecule has 5 heteroatoms. The van der Waals surface area contributed by atoms with E-state index in [-0.39, 0.29) is 5.91 Å². The van der Waals surface area contributed by atoms with Crippen LogP contribution >= 0.6 is 0 Å². The minimum absolute atomic E-state index is 0.0451. The molecular formula is C15H24N4O. The summed E-state index contributed by atoms with van der Waals surface area (Å²) >= 11 is 0. The molecule has 1 aliphatic heterocycles. The van der Waals surface area contributed by atoms with Gasteiger partial charge < -0.3 is 16.0 Å². The molecule has 1 heterocycles. The zero-order valence-corrected chi connectivity index (χ0v) is 12.1. The fraction of sp³-hybridized carbons (Fsp3) is 0.533. The molecule has 1 aromatic rings. The normalized spacial score (nSPS) is 17.7. The molecule has 0 radical (unpaired) electrons. The van der Waals surface area contributed by atoms with Gasteiger partial charge in [0.05, 0.1) is 6.54 Å². The molecule has 0 bridgehead atoms. The highest BCUT2D eigenvalue weighted by atomic mass is 16.2. The molecule has 1 aromatic carbocycles. The van der Waals surface area contributed by atoms with Crippen LogP contribution in [0, 0.1) is 0 Å². The van der Waals surface area contributed by atoms with Crippen molar-refractivity contribution in [2.75, 3.05) is 45.1 Å². The number of likely N-dealkylation sites (N-methyl/N-ethyl adjacent to an activating group) is 1. The van der Waals surface area contributed by atoms with Gasteiger partial charge in [-0.3, -0.25) is 9.69 Å². The Labute approximate surface area is 120 Å². The molecule has 1 amide bonds. The Morgan fingerprint density at radius 1 is 1.30 bits per heavy atom. The van der Waals surface area contributed by atoms with Gasteiger partial charge in [0.2, 0.25) is 5.91 Å². The van der Waals surface area contributed by atoms with Gasteiger partial charge in [0.1, 0.15) is 0 Å². The fourth-order valence-electron chi connectivity index (χ4n) is 2.44. The van der Waals surface area contributed by atoms with Gasteiger partial charge in [0.15, 0.2) is 0 Å². The Morgan fingerprint density at radius 2 is 2.15 bits per heavy atom. The van der Waals surface area contributed by atoms with E-state index in [0.717, 1.165) is 43.9 Å². The van der Waals surface area contributed by atoms with Crippen molar-refractivity contribution in [2.24, 2.45) is 5.73 Å². The number of amides is 1. The molecule has 20 heavy (non-hydrogen) atoms. The van der Waals surface area contributed by atoms with E-state index in [1.165, 1.54) is 0 Å². The molecule has 2 rings (SSSR count). The molecule has 0 aliphatic carbocycles. The number of nitrogens with zero attached hydrogens (tertiary/aromatic N) is 2. The van der Waals surface area contributed by atoms with Gasteiger partial charge in [-0.25, -0.2) is 0 Å². The van der Waals surface area contributed by atoms with Crippen molar-refractivity contribution in [2.45, 2.75) is 13.0 Å². The van der Waals surface area contributed by atoms with Crippen molar-refractivity contribution >= 4 is 11.6 Å². The smallest absolute Gasteiger partial charge is 0.238 e. The maximum atomic E-state index is 12.1. The number of benzene rings is 1. The zero-order valence-electron chi connectivity index (χ0n) is 12.1. The molecule has 0 atom stereocenters. The van der Waals surface area contributed by atoms with Gasteiger partial charge in [-0.05, 0) is 44.3 Å². The van der Waals surface area contributed by atoms with Gasteiger partial charge in [-0.2, -0.15) is 0 Å². The predicted molar refractivity (Wildman–Crippen MR) is 81.5 cm³/mol. The van der Waals surface area contributed by atoms with Crippen molar-refractivity contribution in [3.63, 3.8) is 0 Å². The molecule has 0 unspecified atom stereocenters. The van der Waals surface area contributed by atoms with Crippen molar-refractivity contribution in [1.82, 2.24) is 9.80 Å². The molecule has 1 aliphatic rings. The van der Waals surface area contributed by atoms with Gasteiger partial charge >= 0.3 is 0 Å². The molecule has 110 valence electrons. The average molecular weight is 276 g/mol. The van der Waals surface area contributed by atoms with Crippen LogP contribution in [0.1, 0.15) is 12.0 Å². The lowest BCUT2D eigenvalue weighted by Gasteiger charge is -2.19. The van der Waals surface area contributed by atoms with E-state index in [4.69, 9.17) is 5.73 Å².